The SMILES string of the molecule is O=Cc1ccc(Sc2ccc(Br)cc2)c(C(F)(F)F)c1. The third-order valence-corrected chi connectivity index (χ3v) is 4.10. The Bertz CT molecular complexity index is 623. The Labute approximate surface area is 126 Å². The van der Waals surface area contributed by atoms with Gasteiger partial charge in [-0.1, -0.05) is 33.8 Å². The van der Waals surface area contributed by atoms with Crippen molar-refractivity contribution in [3.8, 4) is 0 Å². The molecule has 2 aromatic carbocycles. The normalized spacial score (nSPS) is 11.4. The Morgan fingerprint density at radius 3 is 2.25 bits per heavy atom. The van der Waals surface area contributed by atoms with Gasteiger partial charge < -0.3 is 0 Å². The van der Waals surface area contributed by atoms with Crippen LogP contribution in [0.1, 0.15) is 15.9 Å². The molecule has 6 heteroatoms. The van der Waals surface area contributed by atoms with Gasteiger partial charge in [0.15, 0.2) is 0 Å². The van der Waals surface area contributed by atoms with E-state index in [1.54, 1.807) is 24.3 Å². The minimum atomic E-state index is -4.49. The summed E-state index contributed by atoms with van der Waals surface area (Å²) >= 11 is 4.28. The van der Waals surface area contributed by atoms with Gasteiger partial charge >= 0.3 is 6.18 Å². The molecule has 0 heterocycles. The van der Waals surface area contributed by atoms with Crippen LogP contribution in [0, 0.1) is 0 Å². The van der Waals surface area contributed by atoms with E-state index in [4.69, 9.17) is 0 Å². The molecule has 0 amide bonds. The highest BCUT2D eigenvalue weighted by Gasteiger charge is 2.33. The number of hydrogen-bond acceptors (Lipinski definition) is 2. The lowest BCUT2D eigenvalue weighted by Gasteiger charge is -2.13. The zero-order valence-electron chi connectivity index (χ0n) is 9.95. The number of aldehydes is 1. The van der Waals surface area contributed by atoms with Crippen molar-refractivity contribution >= 4 is 34.0 Å². The van der Waals surface area contributed by atoms with Crippen LogP contribution in [-0.4, -0.2) is 6.29 Å². The molecule has 104 valence electrons. The highest BCUT2D eigenvalue weighted by molar-refractivity contribution is 9.10. The molecule has 1 nitrogen and oxygen atoms in total. The van der Waals surface area contributed by atoms with Crippen molar-refractivity contribution in [2.45, 2.75) is 16.0 Å². The van der Waals surface area contributed by atoms with Crippen LogP contribution in [0.15, 0.2) is 56.7 Å². The first kappa shape index (κ1) is 15.1. The third-order valence-electron chi connectivity index (χ3n) is 2.49. The molecular weight excluding hydrogens is 353 g/mol. The quantitative estimate of drug-likeness (QED) is 0.678. The highest BCUT2D eigenvalue weighted by Crippen LogP contribution is 2.40. The van der Waals surface area contributed by atoms with Gasteiger partial charge in [-0.05, 0) is 36.4 Å². The maximum Gasteiger partial charge on any atom is 0.417 e. The molecule has 0 saturated carbocycles. The Morgan fingerprint density at radius 1 is 1.05 bits per heavy atom. The van der Waals surface area contributed by atoms with Crippen molar-refractivity contribution in [2.75, 3.05) is 0 Å². The molecule has 2 rings (SSSR count). The molecule has 0 aromatic heterocycles. The van der Waals surface area contributed by atoms with Crippen molar-refractivity contribution in [3.63, 3.8) is 0 Å². The topological polar surface area (TPSA) is 17.1 Å². The lowest BCUT2D eigenvalue weighted by atomic mass is 10.1. The van der Waals surface area contributed by atoms with Crippen LogP contribution >= 0.6 is 27.7 Å². The second-order valence-electron chi connectivity index (χ2n) is 3.93. The van der Waals surface area contributed by atoms with E-state index in [1.165, 1.54) is 12.1 Å². The number of benzene rings is 2. The van der Waals surface area contributed by atoms with Gasteiger partial charge in [0, 0.05) is 19.8 Å². The number of alkyl halides is 3. The molecule has 20 heavy (non-hydrogen) atoms. The average Bonchev–Trinajstić information content (AvgIpc) is 2.40. The fourth-order valence-electron chi connectivity index (χ4n) is 1.56. The molecule has 0 unspecified atom stereocenters. The Morgan fingerprint density at radius 2 is 1.70 bits per heavy atom. The summed E-state index contributed by atoms with van der Waals surface area (Å²) < 4.78 is 39.8. The molecule has 0 N–H and O–H groups in total. The summed E-state index contributed by atoms with van der Waals surface area (Å²) in [4.78, 5) is 11.4. The van der Waals surface area contributed by atoms with Crippen LogP contribution in [0.25, 0.3) is 0 Å². The standard InChI is InChI=1S/C14H8BrF3OS/c15-10-2-4-11(5-3-10)20-13-6-1-9(8-19)7-12(13)14(16,17)18/h1-8H. The van der Waals surface area contributed by atoms with Gasteiger partial charge in [-0.15, -0.1) is 0 Å². The number of halogens is 4. The largest absolute Gasteiger partial charge is 0.417 e. The van der Waals surface area contributed by atoms with E-state index in [0.717, 1.165) is 22.3 Å². The monoisotopic (exact) mass is 360 g/mol. The summed E-state index contributed by atoms with van der Waals surface area (Å²) in [6.07, 6.45) is -4.08. The number of carbonyl (C=O) groups is 1. The van der Waals surface area contributed by atoms with E-state index >= 15 is 0 Å². The van der Waals surface area contributed by atoms with Gasteiger partial charge in [-0.3, -0.25) is 4.79 Å². The first-order valence-electron chi connectivity index (χ1n) is 5.50. The van der Waals surface area contributed by atoms with E-state index in [2.05, 4.69) is 15.9 Å². The highest BCUT2D eigenvalue weighted by atomic mass is 79.9. The number of rotatable bonds is 3. The van der Waals surface area contributed by atoms with E-state index in [0.29, 0.717) is 11.2 Å². The molecule has 0 aliphatic carbocycles. The molecular formula is C14H8BrF3OS. The molecule has 0 fully saturated rings. The zero-order chi connectivity index (χ0) is 14.8. The van der Waals surface area contributed by atoms with Gasteiger partial charge in [-0.2, -0.15) is 13.2 Å². The van der Waals surface area contributed by atoms with Gasteiger partial charge in [-0.25, -0.2) is 0 Å². The number of hydrogen-bond donors (Lipinski definition) is 0. The van der Waals surface area contributed by atoms with E-state index in [-0.39, 0.29) is 10.5 Å². The summed E-state index contributed by atoms with van der Waals surface area (Å²) in [7, 11) is 0. The van der Waals surface area contributed by atoms with E-state index in [9.17, 15) is 18.0 Å². The summed E-state index contributed by atoms with van der Waals surface area (Å²) in [5.74, 6) is 0. The smallest absolute Gasteiger partial charge is 0.298 e. The van der Waals surface area contributed by atoms with Crippen molar-refractivity contribution in [3.05, 3.63) is 58.1 Å². The second kappa shape index (κ2) is 6.01. The Kier molecular flexibility index (Phi) is 4.55. The first-order chi connectivity index (χ1) is 9.40. The molecule has 0 saturated heterocycles. The summed E-state index contributed by atoms with van der Waals surface area (Å²) in [6, 6.07) is 10.5. The van der Waals surface area contributed by atoms with Crippen LogP contribution in [0.5, 0.6) is 0 Å². The van der Waals surface area contributed by atoms with Gasteiger partial charge in [0.1, 0.15) is 6.29 Å². The maximum atomic E-state index is 13.0. The van der Waals surface area contributed by atoms with Gasteiger partial charge in [0.25, 0.3) is 0 Å². The molecule has 2 aromatic rings. The molecule has 0 aliphatic heterocycles. The van der Waals surface area contributed by atoms with Crippen LogP contribution in [0.2, 0.25) is 0 Å². The fraction of sp³-hybridized carbons (Fsp3) is 0.0714. The lowest BCUT2D eigenvalue weighted by Crippen LogP contribution is -2.07. The number of carbonyl (C=O) groups excluding carboxylic acids is 1. The van der Waals surface area contributed by atoms with Crippen LogP contribution in [0.4, 0.5) is 13.2 Å². The van der Waals surface area contributed by atoms with Crippen LogP contribution < -0.4 is 0 Å². The summed E-state index contributed by atoms with van der Waals surface area (Å²) in [5.41, 5.74) is -0.785. The zero-order valence-corrected chi connectivity index (χ0v) is 12.3. The molecule has 0 radical (unpaired) electrons. The molecule has 0 aliphatic rings. The van der Waals surface area contributed by atoms with Crippen LogP contribution in [0.3, 0.4) is 0 Å². The van der Waals surface area contributed by atoms with Crippen LogP contribution in [-0.2, 0) is 6.18 Å². The summed E-state index contributed by atoms with van der Waals surface area (Å²) in [6.45, 7) is 0. The predicted molar refractivity (Wildman–Crippen MR) is 75.1 cm³/mol. The Balaban J connectivity index is 2.40. The minimum Gasteiger partial charge on any atom is -0.298 e. The third kappa shape index (κ3) is 3.64. The van der Waals surface area contributed by atoms with Crippen molar-refractivity contribution in [1.82, 2.24) is 0 Å². The van der Waals surface area contributed by atoms with Crippen molar-refractivity contribution in [1.29, 1.82) is 0 Å². The lowest BCUT2D eigenvalue weighted by molar-refractivity contribution is -0.139. The van der Waals surface area contributed by atoms with Crippen molar-refractivity contribution < 1.29 is 18.0 Å². The maximum absolute atomic E-state index is 13.0. The van der Waals surface area contributed by atoms with E-state index in [1.807, 2.05) is 0 Å². The van der Waals surface area contributed by atoms with Gasteiger partial charge in [0.2, 0.25) is 0 Å². The summed E-state index contributed by atoms with van der Waals surface area (Å²) in [5, 5.41) is 0. The van der Waals surface area contributed by atoms with Crippen molar-refractivity contribution in [2.24, 2.45) is 0 Å². The second-order valence-corrected chi connectivity index (χ2v) is 5.96. The van der Waals surface area contributed by atoms with Gasteiger partial charge in [0.05, 0.1) is 5.56 Å². The predicted octanol–water partition coefficient (Wildman–Crippen LogP) is 5.43. The Hall–Kier alpha value is -1.27. The average molecular weight is 361 g/mol. The molecule has 0 bridgehead atoms. The minimum absolute atomic E-state index is 0.0116. The molecule has 0 spiro atoms. The first-order valence-corrected chi connectivity index (χ1v) is 7.11. The fourth-order valence-corrected chi connectivity index (χ4v) is 2.77. The van der Waals surface area contributed by atoms with E-state index < -0.39 is 11.7 Å². The molecule has 0 atom stereocenters.